The van der Waals surface area contributed by atoms with Crippen LogP contribution in [0, 0.1) is 27.7 Å². The third-order valence-electron chi connectivity index (χ3n) is 6.21. The van der Waals surface area contributed by atoms with Gasteiger partial charge in [-0.25, -0.2) is 4.68 Å². The molecule has 0 spiro atoms. The smallest absolute Gasteiger partial charge is 0.140 e. The standard InChI is InChI=1S/C23H32N4O.ClH/c1-13-10-14(2)20(15(3)11-13)21-18(6)25-27-22(21)24-17(5)19-12-16(4)26(23(19)27)8-9-28-7;/h10-11,16-17,24H,8-9,12H2,1-7H3;1H. The predicted octanol–water partition coefficient (Wildman–Crippen LogP) is 4.93. The molecule has 0 radical (unpaired) electrons. The van der Waals surface area contributed by atoms with Crippen molar-refractivity contribution in [2.45, 2.75) is 60.0 Å². The maximum atomic E-state index is 5.38. The molecule has 4 rings (SSSR count). The van der Waals surface area contributed by atoms with E-state index in [9.17, 15) is 0 Å². The van der Waals surface area contributed by atoms with Crippen molar-refractivity contribution in [1.29, 1.82) is 0 Å². The molecule has 2 aromatic rings. The molecular formula is C23H33ClN4O. The fourth-order valence-electron chi connectivity index (χ4n) is 5.04. The third kappa shape index (κ3) is 3.44. The second-order valence-corrected chi connectivity index (χ2v) is 8.45. The number of halogens is 1. The van der Waals surface area contributed by atoms with Crippen molar-refractivity contribution >= 4 is 24.0 Å². The molecule has 1 N–H and O–H groups in total. The molecule has 0 aliphatic carbocycles. The Labute approximate surface area is 180 Å². The number of nitrogens with zero attached hydrogens (tertiary/aromatic N) is 3. The van der Waals surface area contributed by atoms with Crippen molar-refractivity contribution in [2.75, 3.05) is 25.6 Å². The molecule has 2 aliphatic rings. The van der Waals surface area contributed by atoms with Crippen LogP contribution in [0.25, 0.3) is 16.9 Å². The van der Waals surface area contributed by atoms with E-state index >= 15 is 0 Å². The average molecular weight is 417 g/mol. The lowest BCUT2D eigenvalue weighted by Gasteiger charge is -2.31. The average Bonchev–Trinajstić information content (AvgIpc) is 3.10. The van der Waals surface area contributed by atoms with E-state index in [1.165, 1.54) is 39.2 Å². The Morgan fingerprint density at radius 3 is 2.38 bits per heavy atom. The van der Waals surface area contributed by atoms with Gasteiger partial charge in [0.15, 0.2) is 0 Å². The number of fused-ring (bicyclic) bond motifs is 2. The van der Waals surface area contributed by atoms with Gasteiger partial charge in [0.1, 0.15) is 11.6 Å². The molecule has 3 heterocycles. The number of hydrogen-bond donors (Lipinski definition) is 1. The van der Waals surface area contributed by atoms with Gasteiger partial charge in [-0.2, -0.15) is 5.10 Å². The molecular weight excluding hydrogens is 384 g/mol. The van der Waals surface area contributed by atoms with Crippen LogP contribution in [0.4, 0.5) is 5.82 Å². The van der Waals surface area contributed by atoms with Gasteiger partial charge in [0.05, 0.1) is 12.3 Å². The fraction of sp³-hybridized carbons (Fsp3) is 0.522. The van der Waals surface area contributed by atoms with E-state index in [0.29, 0.717) is 12.1 Å². The maximum Gasteiger partial charge on any atom is 0.140 e. The van der Waals surface area contributed by atoms with Gasteiger partial charge >= 0.3 is 0 Å². The second-order valence-electron chi connectivity index (χ2n) is 8.45. The van der Waals surface area contributed by atoms with Crippen LogP contribution in [-0.4, -0.2) is 47.0 Å². The van der Waals surface area contributed by atoms with E-state index in [4.69, 9.17) is 9.84 Å². The summed E-state index contributed by atoms with van der Waals surface area (Å²) < 4.78 is 7.53. The molecule has 2 atom stereocenters. The topological polar surface area (TPSA) is 42.3 Å². The SMILES string of the molecule is COCCN1C2=C(CC1C)C(C)Nc1c(-c3c(C)cc(C)cc3C)c(C)nn12.Cl. The lowest BCUT2D eigenvalue weighted by molar-refractivity contribution is 0.161. The molecule has 1 aromatic carbocycles. The highest BCUT2D eigenvalue weighted by Crippen LogP contribution is 2.45. The number of benzene rings is 1. The van der Waals surface area contributed by atoms with Crippen molar-refractivity contribution < 1.29 is 4.74 Å². The fourth-order valence-corrected chi connectivity index (χ4v) is 5.04. The molecule has 0 bridgehead atoms. The number of aryl methyl sites for hydroxylation is 4. The minimum Gasteiger partial charge on any atom is -0.383 e. The van der Waals surface area contributed by atoms with Crippen LogP contribution in [0.5, 0.6) is 0 Å². The Morgan fingerprint density at radius 2 is 1.76 bits per heavy atom. The summed E-state index contributed by atoms with van der Waals surface area (Å²) >= 11 is 0. The number of hydrogen-bond acceptors (Lipinski definition) is 4. The molecule has 29 heavy (non-hydrogen) atoms. The van der Waals surface area contributed by atoms with Gasteiger partial charge in [0.2, 0.25) is 0 Å². The summed E-state index contributed by atoms with van der Waals surface area (Å²) in [5.41, 5.74) is 8.98. The highest BCUT2D eigenvalue weighted by molar-refractivity contribution is 5.86. The lowest BCUT2D eigenvalue weighted by Crippen LogP contribution is -2.34. The van der Waals surface area contributed by atoms with E-state index < -0.39 is 0 Å². The monoisotopic (exact) mass is 416 g/mol. The van der Waals surface area contributed by atoms with Crippen LogP contribution in [-0.2, 0) is 4.74 Å². The Kier molecular flexibility index (Phi) is 6.02. The zero-order chi connectivity index (χ0) is 20.2. The van der Waals surface area contributed by atoms with E-state index in [1.807, 2.05) is 0 Å². The van der Waals surface area contributed by atoms with Crippen molar-refractivity contribution in [3.05, 3.63) is 40.1 Å². The summed E-state index contributed by atoms with van der Waals surface area (Å²) in [6, 6.07) is 5.31. The molecule has 0 saturated carbocycles. The first-order valence-electron chi connectivity index (χ1n) is 10.3. The molecule has 2 unspecified atom stereocenters. The van der Waals surface area contributed by atoms with Gasteiger partial charge in [-0.15, -0.1) is 12.4 Å². The summed E-state index contributed by atoms with van der Waals surface area (Å²) in [5, 5.41) is 8.79. The van der Waals surface area contributed by atoms with Crippen molar-refractivity contribution in [2.24, 2.45) is 0 Å². The quantitative estimate of drug-likeness (QED) is 0.767. The predicted molar refractivity (Wildman–Crippen MR) is 123 cm³/mol. The van der Waals surface area contributed by atoms with E-state index in [0.717, 1.165) is 31.1 Å². The normalized spacial score (nSPS) is 20.3. The van der Waals surface area contributed by atoms with E-state index in [-0.39, 0.29) is 12.4 Å². The summed E-state index contributed by atoms with van der Waals surface area (Å²) in [5.74, 6) is 2.37. The Morgan fingerprint density at radius 1 is 1.10 bits per heavy atom. The van der Waals surface area contributed by atoms with Gasteiger partial charge in [-0.1, -0.05) is 17.7 Å². The molecule has 0 saturated heterocycles. The van der Waals surface area contributed by atoms with Crippen LogP contribution >= 0.6 is 12.4 Å². The Balaban J connectivity index is 0.00000240. The molecule has 6 heteroatoms. The zero-order valence-corrected chi connectivity index (χ0v) is 19.4. The van der Waals surface area contributed by atoms with E-state index in [1.54, 1.807) is 7.11 Å². The minimum atomic E-state index is 0. The maximum absolute atomic E-state index is 5.38. The highest BCUT2D eigenvalue weighted by Gasteiger charge is 2.38. The first kappa shape index (κ1) is 21.7. The van der Waals surface area contributed by atoms with Crippen LogP contribution in [0.1, 0.15) is 42.7 Å². The second kappa shape index (κ2) is 8.04. The number of anilines is 1. The Hall–Kier alpha value is -1.98. The first-order valence-corrected chi connectivity index (χ1v) is 10.3. The molecule has 0 fully saturated rings. The van der Waals surface area contributed by atoms with Gasteiger partial charge in [-0.05, 0) is 70.2 Å². The summed E-state index contributed by atoms with van der Waals surface area (Å²) in [6.45, 7) is 14.9. The van der Waals surface area contributed by atoms with Crippen molar-refractivity contribution in [3.8, 4) is 11.1 Å². The summed E-state index contributed by atoms with van der Waals surface area (Å²) in [7, 11) is 1.77. The number of rotatable bonds is 4. The van der Waals surface area contributed by atoms with Gasteiger partial charge in [-0.3, -0.25) is 0 Å². The highest BCUT2D eigenvalue weighted by atomic mass is 35.5. The number of methoxy groups -OCH3 is 1. The summed E-state index contributed by atoms with van der Waals surface area (Å²) in [4.78, 5) is 2.46. The largest absolute Gasteiger partial charge is 0.383 e. The summed E-state index contributed by atoms with van der Waals surface area (Å²) in [6.07, 6.45) is 1.07. The van der Waals surface area contributed by atoms with Gasteiger partial charge in [0.25, 0.3) is 0 Å². The number of ether oxygens (including phenoxy) is 1. The third-order valence-corrected chi connectivity index (χ3v) is 6.21. The molecule has 2 aliphatic heterocycles. The first-order chi connectivity index (χ1) is 13.3. The number of nitrogens with one attached hydrogen (secondary N) is 1. The molecule has 1 aromatic heterocycles. The zero-order valence-electron chi connectivity index (χ0n) is 18.6. The van der Waals surface area contributed by atoms with E-state index in [2.05, 4.69) is 68.6 Å². The van der Waals surface area contributed by atoms with Crippen LogP contribution in [0.15, 0.2) is 17.7 Å². The lowest BCUT2D eigenvalue weighted by atomic mass is 9.93. The molecule has 158 valence electrons. The molecule has 5 nitrogen and oxygen atoms in total. The molecule has 0 amide bonds. The van der Waals surface area contributed by atoms with Crippen molar-refractivity contribution in [3.63, 3.8) is 0 Å². The number of aromatic nitrogens is 2. The van der Waals surface area contributed by atoms with Gasteiger partial charge < -0.3 is 15.0 Å². The van der Waals surface area contributed by atoms with Gasteiger partial charge in [0, 0.05) is 31.3 Å². The van der Waals surface area contributed by atoms with Crippen LogP contribution in [0.2, 0.25) is 0 Å². The van der Waals surface area contributed by atoms with Crippen LogP contribution < -0.4 is 5.32 Å². The van der Waals surface area contributed by atoms with Crippen molar-refractivity contribution in [1.82, 2.24) is 14.7 Å². The Bertz CT molecular complexity index is 939. The van der Waals surface area contributed by atoms with Crippen LogP contribution in [0.3, 0.4) is 0 Å². The minimum absolute atomic E-state index is 0.